The number of nitrogens with one attached hydrogen (secondary N) is 1. The Kier molecular flexibility index (Phi) is 5.56. The summed E-state index contributed by atoms with van der Waals surface area (Å²) in [4.78, 5) is 16.3. The number of benzene rings is 1. The van der Waals surface area contributed by atoms with Crippen molar-refractivity contribution in [3.63, 3.8) is 0 Å². The average Bonchev–Trinajstić information content (AvgIpc) is 2.54. The Balaban J connectivity index is 1.32. The molecule has 2 heterocycles. The van der Waals surface area contributed by atoms with Crippen LogP contribution in [-0.4, -0.2) is 60.7 Å². The van der Waals surface area contributed by atoms with Crippen LogP contribution in [0.3, 0.4) is 0 Å². The predicted molar refractivity (Wildman–Crippen MR) is 90.7 cm³/mol. The molecular formula is C18H26FN3O2. The average molecular weight is 335 g/mol. The van der Waals surface area contributed by atoms with Gasteiger partial charge in [-0.15, -0.1) is 0 Å². The molecule has 2 saturated heterocycles. The summed E-state index contributed by atoms with van der Waals surface area (Å²) in [5, 5.41) is 2.98. The van der Waals surface area contributed by atoms with Gasteiger partial charge in [0.25, 0.3) is 0 Å². The number of hydrogen-bond acceptors (Lipinski definition) is 3. The van der Waals surface area contributed by atoms with Crippen molar-refractivity contribution in [2.45, 2.75) is 38.3 Å². The molecule has 1 atom stereocenters. The third-order valence-corrected chi connectivity index (χ3v) is 4.87. The number of carbonyl (C=O) groups excluding carboxylic acids is 1. The first-order chi connectivity index (χ1) is 11.6. The van der Waals surface area contributed by atoms with Gasteiger partial charge in [0.1, 0.15) is 17.7 Å². The second-order valence-electron chi connectivity index (χ2n) is 6.71. The Morgan fingerprint density at radius 2 is 2.04 bits per heavy atom. The number of piperidine rings is 1. The molecule has 0 bridgehead atoms. The molecule has 24 heavy (non-hydrogen) atoms. The summed E-state index contributed by atoms with van der Waals surface area (Å²) in [6.07, 6.45) is 3.81. The standard InChI is InChI=1S/C18H26FN3O2/c1-14-4-2-3-10-21(14)11-9-20-18(23)22-12-17(13-22)24-16-7-5-15(19)6-8-16/h5-8,14,17H,2-4,9-13H2,1H3,(H,20,23)/t14-/m1/s1. The highest BCUT2D eigenvalue weighted by Gasteiger charge is 2.32. The van der Waals surface area contributed by atoms with E-state index < -0.39 is 0 Å². The second kappa shape index (κ2) is 7.83. The number of halogens is 1. The van der Waals surface area contributed by atoms with Gasteiger partial charge in [-0.2, -0.15) is 0 Å². The van der Waals surface area contributed by atoms with E-state index in [1.54, 1.807) is 17.0 Å². The molecule has 6 heteroatoms. The first-order valence-electron chi connectivity index (χ1n) is 8.81. The molecule has 2 fully saturated rings. The van der Waals surface area contributed by atoms with Crippen LogP contribution in [0.1, 0.15) is 26.2 Å². The molecule has 0 radical (unpaired) electrons. The summed E-state index contributed by atoms with van der Waals surface area (Å²) in [6, 6.07) is 6.56. The van der Waals surface area contributed by atoms with Crippen molar-refractivity contribution in [1.82, 2.24) is 15.1 Å². The molecule has 3 rings (SSSR count). The van der Waals surface area contributed by atoms with Gasteiger partial charge in [-0.1, -0.05) is 6.42 Å². The Bertz CT molecular complexity index is 546. The second-order valence-corrected chi connectivity index (χ2v) is 6.71. The maximum atomic E-state index is 12.8. The molecule has 2 amide bonds. The van der Waals surface area contributed by atoms with E-state index in [4.69, 9.17) is 4.74 Å². The number of carbonyl (C=O) groups is 1. The molecule has 0 aromatic heterocycles. The molecular weight excluding hydrogens is 309 g/mol. The lowest BCUT2D eigenvalue weighted by Gasteiger charge is -2.39. The summed E-state index contributed by atoms with van der Waals surface area (Å²) >= 11 is 0. The molecule has 0 aliphatic carbocycles. The largest absolute Gasteiger partial charge is 0.487 e. The minimum atomic E-state index is -0.278. The molecule has 1 aromatic rings. The highest BCUT2D eigenvalue weighted by molar-refractivity contribution is 5.75. The van der Waals surface area contributed by atoms with E-state index in [2.05, 4.69) is 17.1 Å². The van der Waals surface area contributed by atoms with Crippen LogP contribution in [0.5, 0.6) is 5.75 Å². The zero-order valence-electron chi connectivity index (χ0n) is 14.2. The quantitative estimate of drug-likeness (QED) is 0.899. The lowest BCUT2D eigenvalue weighted by molar-refractivity contribution is 0.0440. The third-order valence-electron chi connectivity index (χ3n) is 4.87. The minimum Gasteiger partial charge on any atom is -0.487 e. The van der Waals surface area contributed by atoms with Gasteiger partial charge >= 0.3 is 6.03 Å². The summed E-state index contributed by atoms with van der Waals surface area (Å²) < 4.78 is 18.5. The molecule has 1 aromatic carbocycles. The summed E-state index contributed by atoms with van der Waals surface area (Å²) in [5.41, 5.74) is 0. The highest BCUT2D eigenvalue weighted by atomic mass is 19.1. The van der Waals surface area contributed by atoms with Gasteiger partial charge in [0.05, 0.1) is 13.1 Å². The van der Waals surface area contributed by atoms with Crippen LogP contribution in [0.2, 0.25) is 0 Å². The molecule has 5 nitrogen and oxygen atoms in total. The molecule has 0 spiro atoms. The van der Waals surface area contributed by atoms with Gasteiger partial charge in [0, 0.05) is 19.1 Å². The van der Waals surface area contributed by atoms with Crippen molar-refractivity contribution < 1.29 is 13.9 Å². The number of hydrogen-bond donors (Lipinski definition) is 1. The highest BCUT2D eigenvalue weighted by Crippen LogP contribution is 2.18. The van der Waals surface area contributed by atoms with Crippen molar-refractivity contribution in [2.24, 2.45) is 0 Å². The monoisotopic (exact) mass is 335 g/mol. The lowest BCUT2D eigenvalue weighted by Crippen LogP contribution is -2.59. The number of amides is 2. The van der Waals surface area contributed by atoms with Crippen LogP contribution in [-0.2, 0) is 0 Å². The summed E-state index contributed by atoms with van der Waals surface area (Å²) in [5.74, 6) is 0.362. The van der Waals surface area contributed by atoms with Crippen molar-refractivity contribution >= 4 is 6.03 Å². The van der Waals surface area contributed by atoms with Crippen molar-refractivity contribution in [3.05, 3.63) is 30.1 Å². The zero-order chi connectivity index (χ0) is 16.9. The number of ether oxygens (including phenoxy) is 1. The lowest BCUT2D eigenvalue weighted by atomic mass is 10.0. The summed E-state index contributed by atoms with van der Waals surface area (Å²) in [6.45, 7) is 6.13. The Labute approximate surface area is 142 Å². The number of urea groups is 1. The van der Waals surface area contributed by atoms with E-state index in [0.717, 1.165) is 13.1 Å². The molecule has 0 unspecified atom stereocenters. The molecule has 1 N–H and O–H groups in total. The van der Waals surface area contributed by atoms with Gasteiger partial charge in [-0.05, 0) is 50.6 Å². The van der Waals surface area contributed by atoms with Gasteiger partial charge in [0.15, 0.2) is 0 Å². The van der Waals surface area contributed by atoms with E-state index in [1.807, 2.05) is 0 Å². The Morgan fingerprint density at radius 3 is 2.75 bits per heavy atom. The van der Waals surface area contributed by atoms with Gasteiger partial charge in [0.2, 0.25) is 0 Å². The third kappa shape index (κ3) is 4.38. The smallest absolute Gasteiger partial charge is 0.317 e. The van der Waals surface area contributed by atoms with Crippen LogP contribution in [0.15, 0.2) is 24.3 Å². The molecule has 0 saturated carbocycles. The first-order valence-corrected chi connectivity index (χ1v) is 8.81. The fourth-order valence-electron chi connectivity index (χ4n) is 3.29. The van der Waals surface area contributed by atoms with Crippen LogP contribution in [0, 0.1) is 5.82 Å². The van der Waals surface area contributed by atoms with Crippen LogP contribution in [0.25, 0.3) is 0 Å². The zero-order valence-corrected chi connectivity index (χ0v) is 14.2. The maximum absolute atomic E-state index is 12.8. The summed E-state index contributed by atoms with van der Waals surface area (Å²) in [7, 11) is 0. The topological polar surface area (TPSA) is 44.8 Å². The fourth-order valence-corrected chi connectivity index (χ4v) is 3.29. The van der Waals surface area contributed by atoms with Crippen molar-refractivity contribution in [2.75, 3.05) is 32.7 Å². The van der Waals surface area contributed by atoms with E-state index in [1.165, 1.54) is 31.4 Å². The fraction of sp³-hybridized carbons (Fsp3) is 0.611. The Hall–Kier alpha value is -1.82. The SMILES string of the molecule is C[C@@H]1CCCCN1CCNC(=O)N1CC(Oc2ccc(F)cc2)C1. The number of likely N-dealkylation sites (tertiary alicyclic amines) is 2. The minimum absolute atomic E-state index is 0.0108. The molecule has 132 valence electrons. The Morgan fingerprint density at radius 1 is 1.29 bits per heavy atom. The van der Waals surface area contributed by atoms with E-state index >= 15 is 0 Å². The van der Waals surface area contributed by atoms with Crippen molar-refractivity contribution in [1.29, 1.82) is 0 Å². The van der Waals surface area contributed by atoms with E-state index in [-0.39, 0.29) is 18.0 Å². The number of rotatable bonds is 5. The molecule has 2 aliphatic heterocycles. The number of nitrogens with zero attached hydrogens (tertiary/aromatic N) is 2. The van der Waals surface area contributed by atoms with Crippen LogP contribution in [0.4, 0.5) is 9.18 Å². The van der Waals surface area contributed by atoms with Crippen LogP contribution >= 0.6 is 0 Å². The van der Waals surface area contributed by atoms with E-state index in [0.29, 0.717) is 31.4 Å². The predicted octanol–water partition coefficient (Wildman–Crippen LogP) is 2.47. The van der Waals surface area contributed by atoms with Gasteiger partial charge in [-0.25, -0.2) is 9.18 Å². The van der Waals surface area contributed by atoms with Gasteiger partial charge < -0.3 is 15.0 Å². The van der Waals surface area contributed by atoms with Crippen LogP contribution < -0.4 is 10.1 Å². The normalized spacial score (nSPS) is 22.1. The first kappa shape index (κ1) is 17.0. The maximum Gasteiger partial charge on any atom is 0.317 e. The van der Waals surface area contributed by atoms with Crippen molar-refractivity contribution in [3.8, 4) is 5.75 Å². The van der Waals surface area contributed by atoms with E-state index in [9.17, 15) is 9.18 Å². The van der Waals surface area contributed by atoms with Gasteiger partial charge in [-0.3, -0.25) is 4.90 Å². The molecule has 2 aliphatic rings.